The van der Waals surface area contributed by atoms with Crippen molar-refractivity contribution in [3.8, 4) is 22.5 Å². The Balaban J connectivity index is 1.37. The number of carboxylic acids is 1. The molecule has 0 atom stereocenters. The molecule has 7 rings (SSSR count). The van der Waals surface area contributed by atoms with E-state index in [2.05, 4.69) is 45.9 Å². The number of benzene rings is 4. The largest absolute Gasteiger partial charge is 0.478 e. The third kappa shape index (κ3) is 6.10. The first-order valence-electron chi connectivity index (χ1n) is 16.9. The number of hydrogen-bond acceptors (Lipinski definition) is 5. The molecular formula is C40H40N3O5+. The first kappa shape index (κ1) is 31.4. The van der Waals surface area contributed by atoms with Crippen LogP contribution in [-0.4, -0.2) is 42.2 Å². The van der Waals surface area contributed by atoms with E-state index < -0.39 is 5.97 Å². The number of carbonyl (C=O) groups is 1. The number of nitrogens with zero attached hydrogens (tertiary/aromatic N) is 3. The van der Waals surface area contributed by atoms with Gasteiger partial charge in [-0.15, -0.1) is 0 Å². The number of nitro groups is 1. The quantitative estimate of drug-likeness (QED) is 0.0655. The van der Waals surface area contributed by atoms with Gasteiger partial charge in [-0.3, -0.25) is 10.1 Å². The van der Waals surface area contributed by atoms with E-state index in [-0.39, 0.29) is 16.2 Å². The first-order valence-corrected chi connectivity index (χ1v) is 16.9. The lowest BCUT2D eigenvalue weighted by atomic mass is 9.89. The SMILES string of the molecule is Cc1cc(/C=C\c2ccc(-c3c4ccc(=[N+]5CCCCC5)cc-4oc4cc(N5CCCCC5)ccc34)c(C(=O)O)c2)cc(C)c1[N+](=O)[O-]. The smallest absolute Gasteiger partial charge is 0.336 e. The molecule has 244 valence electrons. The van der Waals surface area contributed by atoms with Gasteiger partial charge in [-0.05, 0) is 92.6 Å². The van der Waals surface area contributed by atoms with Gasteiger partial charge in [-0.2, -0.15) is 0 Å². The molecule has 2 fully saturated rings. The zero-order valence-electron chi connectivity index (χ0n) is 27.5. The first-order chi connectivity index (χ1) is 23.3. The Hall–Kier alpha value is -5.24. The normalized spacial score (nSPS) is 15.5. The molecule has 0 amide bonds. The van der Waals surface area contributed by atoms with Crippen molar-refractivity contribution in [1.29, 1.82) is 0 Å². The van der Waals surface area contributed by atoms with Crippen LogP contribution >= 0.6 is 0 Å². The molecule has 1 N–H and O–H groups in total. The topological polar surface area (TPSA) is 99.8 Å². The van der Waals surface area contributed by atoms with Crippen LogP contribution in [0.5, 0.6) is 0 Å². The summed E-state index contributed by atoms with van der Waals surface area (Å²) in [6, 6.07) is 21.7. The second kappa shape index (κ2) is 13.1. The molecule has 0 spiro atoms. The summed E-state index contributed by atoms with van der Waals surface area (Å²) in [4.78, 5) is 26.4. The van der Waals surface area contributed by atoms with Gasteiger partial charge in [-0.1, -0.05) is 24.3 Å². The lowest BCUT2D eigenvalue weighted by Crippen LogP contribution is -2.34. The molecule has 4 aliphatic rings. The van der Waals surface area contributed by atoms with E-state index in [1.54, 1.807) is 32.0 Å². The van der Waals surface area contributed by atoms with Gasteiger partial charge in [0.15, 0.2) is 0 Å². The van der Waals surface area contributed by atoms with E-state index in [1.807, 2.05) is 24.3 Å². The van der Waals surface area contributed by atoms with Crippen molar-refractivity contribution in [2.24, 2.45) is 0 Å². The predicted octanol–water partition coefficient (Wildman–Crippen LogP) is 8.54. The number of aromatic carboxylic acids is 1. The van der Waals surface area contributed by atoms with Crippen LogP contribution < -0.4 is 14.8 Å². The molecular weight excluding hydrogens is 602 g/mol. The maximum atomic E-state index is 12.9. The van der Waals surface area contributed by atoms with E-state index in [4.69, 9.17) is 4.42 Å². The Morgan fingerprint density at radius 3 is 2.23 bits per heavy atom. The molecule has 3 heterocycles. The number of piperidine rings is 2. The van der Waals surface area contributed by atoms with Crippen molar-refractivity contribution in [2.45, 2.75) is 52.4 Å². The molecule has 48 heavy (non-hydrogen) atoms. The van der Waals surface area contributed by atoms with Gasteiger partial charge in [0.1, 0.15) is 24.4 Å². The minimum atomic E-state index is -1.01. The zero-order valence-corrected chi connectivity index (χ0v) is 27.5. The van der Waals surface area contributed by atoms with Crippen LogP contribution in [0.4, 0.5) is 11.4 Å². The maximum absolute atomic E-state index is 12.9. The van der Waals surface area contributed by atoms with E-state index in [1.165, 1.54) is 38.5 Å². The van der Waals surface area contributed by atoms with Crippen LogP contribution in [0.2, 0.25) is 0 Å². The fourth-order valence-electron chi connectivity index (χ4n) is 7.48. The predicted molar refractivity (Wildman–Crippen MR) is 192 cm³/mol. The van der Waals surface area contributed by atoms with Crippen LogP contribution in [0, 0.1) is 24.0 Å². The summed E-state index contributed by atoms with van der Waals surface area (Å²) >= 11 is 0. The number of anilines is 1. The molecule has 0 bridgehead atoms. The summed E-state index contributed by atoms with van der Waals surface area (Å²) in [5.41, 5.74) is 7.22. The Labute approximate surface area is 279 Å². The van der Waals surface area contributed by atoms with E-state index in [0.717, 1.165) is 76.2 Å². The van der Waals surface area contributed by atoms with Gasteiger partial charge < -0.3 is 14.4 Å². The number of fused-ring (bicyclic) bond motifs is 2. The highest BCUT2D eigenvalue weighted by Crippen LogP contribution is 2.42. The minimum absolute atomic E-state index is 0.116. The van der Waals surface area contributed by atoms with E-state index in [0.29, 0.717) is 16.7 Å². The number of hydrogen-bond donors (Lipinski definition) is 1. The average molecular weight is 643 g/mol. The number of rotatable bonds is 6. The third-order valence-corrected chi connectivity index (χ3v) is 9.84. The van der Waals surface area contributed by atoms with Gasteiger partial charge in [0, 0.05) is 71.4 Å². The molecule has 0 radical (unpaired) electrons. The van der Waals surface area contributed by atoms with Crippen molar-refractivity contribution in [1.82, 2.24) is 4.58 Å². The Morgan fingerprint density at radius 1 is 0.833 bits per heavy atom. The summed E-state index contributed by atoms with van der Waals surface area (Å²) in [5.74, 6) is -0.278. The maximum Gasteiger partial charge on any atom is 0.336 e. The fourth-order valence-corrected chi connectivity index (χ4v) is 7.48. The standard InChI is InChI=1S/C40H39N3O5/c1-26-21-29(22-27(2)39(26)43(46)47)10-9-28-11-14-32(35(23-28)40(44)45)38-33-15-12-30(41-17-5-3-6-18-41)24-36(33)48-37-25-31(13-16-34(37)38)42-19-7-4-8-20-42/h9-16,21-25H,3-8,17-20H2,1-2H3/p+1/b10-9-. The lowest BCUT2D eigenvalue weighted by molar-refractivity contribution is -0.386. The Morgan fingerprint density at radius 2 is 1.52 bits per heavy atom. The Bertz CT molecular complexity index is 2110. The average Bonchev–Trinajstić information content (AvgIpc) is 3.09. The molecule has 1 aliphatic carbocycles. The van der Waals surface area contributed by atoms with Crippen molar-refractivity contribution in [2.75, 3.05) is 31.1 Å². The molecule has 3 aliphatic heterocycles. The highest BCUT2D eigenvalue weighted by atomic mass is 16.6. The second-order valence-electron chi connectivity index (χ2n) is 13.1. The highest BCUT2D eigenvalue weighted by molar-refractivity contribution is 6.08. The molecule has 8 nitrogen and oxygen atoms in total. The number of nitro benzene ring substituents is 1. The van der Waals surface area contributed by atoms with Crippen LogP contribution in [-0.2, 0) is 0 Å². The van der Waals surface area contributed by atoms with Gasteiger partial charge in [-0.25, -0.2) is 9.37 Å². The summed E-state index contributed by atoms with van der Waals surface area (Å²) < 4.78 is 9.08. The van der Waals surface area contributed by atoms with Crippen molar-refractivity contribution < 1.29 is 19.2 Å². The summed E-state index contributed by atoms with van der Waals surface area (Å²) in [6.45, 7) is 7.52. The lowest BCUT2D eigenvalue weighted by Gasteiger charge is -2.29. The van der Waals surface area contributed by atoms with E-state index in [9.17, 15) is 20.0 Å². The molecule has 8 heteroatoms. The van der Waals surface area contributed by atoms with Crippen LogP contribution in [0.15, 0.2) is 71.1 Å². The van der Waals surface area contributed by atoms with Crippen molar-refractivity contribution >= 4 is 40.5 Å². The molecule has 3 aromatic rings. The highest BCUT2D eigenvalue weighted by Gasteiger charge is 2.24. The van der Waals surface area contributed by atoms with Crippen LogP contribution in [0.25, 0.3) is 45.6 Å². The molecule has 2 saturated heterocycles. The van der Waals surface area contributed by atoms with E-state index >= 15 is 0 Å². The molecule has 0 saturated carbocycles. The zero-order chi connectivity index (χ0) is 33.4. The monoisotopic (exact) mass is 642 g/mol. The Kier molecular flexibility index (Phi) is 8.56. The third-order valence-electron chi connectivity index (χ3n) is 9.84. The number of carboxylic acid groups (broad SMARTS) is 1. The molecule has 0 unspecified atom stereocenters. The second-order valence-corrected chi connectivity index (χ2v) is 13.1. The van der Waals surface area contributed by atoms with Crippen molar-refractivity contribution in [3.05, 3.63) is 110 Å². The molecule has 3 aromatic carbocycles. The van der Waals surface area contributed by atoms with Gasteiger partial charge in [0.05, 0.1) is 16.6 Å². The van der Waals surface area contributed by atoms with Gasteiger partial charge >= 0.3 is 5.97 Å². The van der Waals surface area contributed by atoms with Crippen LogP contribution in [0.1, 0.15) is 71.1 Å². The minimum Gasteiger partial charge on any atom is -0.478 e. The summed E-state index contributed by atoms with van der Waals surface area (Å²) in [7, 11) is 0. The summed E-state index contributed by atoms with van der Waals surface area (Å²) in [5, 5.41) is 24.0. The van der Waals surface area contributed by atoms with Gasteiger partial charge in [0.2, 0.25) is 5.36 Å². The van der Waals surface area contributed by atoms with Crippen molar-refractivity contribution in [3.63, 3.8) is 0 Å². The molecule has 0 aromatic heterocycles. The van der Waals surface area contributed by atoms with Crippen LogP contribution in [0.3, 0.4) is 0 Å². The fraction of sp³-hybridized carbons (Fsp3) is 0.300. The van der Waals surface area contributed by atoms with Gasteiger partial charge in [0.25, 0.3) is 5.69 Å². The number of aryl methyl sites for hydroxylation is 2. The summed E-state index contributed by atoms with van der Waals surface area (Å²) in [6.07, 6.45) is 10.9.